The van der Waals surface area contributed by atoms with Crippen LogP contribution in [0.15, 0.2) is 36.4 Å². The summed E-state index contributed by atoms with van der Waals surface area (Å²) in [5.41, 5.74) is 1.08. The average Bonchev–Trinajstić information content (AvgIpc) is 3.59. The molecule has 1 aliphatic heterocycles. The van der Waals surface area contributed by atoms with E-state index in [1.807, 2.05) is 0 Å². The molecule has 24 heteroatoms. The van der Waals surface area contributed by atoms with E-state index < -0.39 is 73.3 Å². The summed E-state index contributed by atoms with van der Waals surface area (Å²) in [5.74, 6) is -7.18. The van der Waals surface area contributed by atoms with Crippen molar-refractivity contribution in [2.24, 2.45) is 5.92 Å². The lowest BCUT2D eigenvalue weighted by Crippen LogP contribution is -2.54. The van der Waals surface area contributed by atoms with E-state index in [4.69, 9.17) is 19.7 Å². The number of amides is 7. The van der Waals surface area contributed by atoms with Crippen LogP contribution in [0.5, 0.6) is 0 Å². The van der Waals surface area contributed by atoms with Crippen LogP contribution in [-0.4, -0.2) is 192 Å². The van der Waals surface area contributed by atoms with Crippen molar-refractivity contribution in [2.75, 3.05) is 90.6 Å². The number of aliphatic hydroxyl groups is 1. The Morgan fingerprint density at radius 1 is 0.647 bits per heavy atom. The minimum atomic E-state index is -1.26. The van der Waals surface area contributed by atoms with E-state index in [1.54, 1.807) is 38.1 Å². The first-order chi connectivity index (χ1) is 32.4. The Morgan fingerprint density at radius 2 is 1.24 bits per heavy atom. The van der Waals surface area contributed by atoms with Crippen LogP contribution < -0.4 is 26.6 Å². The van der Waals surface area contributed by atoms with Crippen LogP contribution in [0.1, 0.15) is 64.4 Å². The van der Waals surface area contributed by atoms with Gasteiger partial charge in [-0.2, -0.15) is 0 Å². The molecule has 0 aliphatic carbocycles. The van der Waals surface area contributed by atoms with Crippen molar-refractivity contribution in [3.8, 4) is 0 Å². The number of carboxylic acid groups (broad SMARTS) is 3. The summed E-state index contributed by atoms with van der Waals surface area (Å²) in [7, 11) is 0. The van der Waals surface area contributed by atoms with Crippen LogP contribution >= 0.6 is 0 Å². The number of imide groups is 1. The Labute approximate surface area is 394 Å². The number of nitrogens with one attached hydrogen (secondary N) is 5. The number of anilines is 1. The van der Waals surface area contributed by atoms with Crippen molar-refractivity contribution in [3.63, 3.8) is 0 Å². The van der Waals surface area contributed by atoms with Crippen molar-refractivity contribution in [3.05, 3.63) is 42.0 Å². The fourth-order valence-corrected chi connectivity index (χ4v) is 6.56. The molecule has 0 saturated carbocycles. The Balaban J connectivity index is 1.74. The lowest BCUT2D eigenvalue weighted by Gasteiger charge is -2.25. The second-order valence-corrected chi connectivity index (χ2v) is 16.1. The molecule has 0 fully saturated rings. The Kier molecular flexibility index (Phi) is 27.5. The summed E-state index contributed by atoms with van der Waals surface area (Å²) < 4.78 is 10.7. The summed E-state index contributed by atoms with van der Waals surface area (Å²) in [5, 5.41) is 50.1. The van der Waals surface area contributed by atoms with Gasteiger partial charge < -0.3 is 56.5 Å². The second kappa shape index (κ2) is 32.4. The third-order valence-electron chi connectivity index (χ3n) is 10.1. The molecular formula is C44H66N8O16. The van der Waals surface area contributed by atoms with Gasteiger partial charge >= 0.3 is 17.9 Å². The molecule has 2 atom stereocenters. The quantitative estimate of drug-likeness (QED) is 0.0271. The minimum Gasteiger partial charge on any atom is -0.480 e. The van der Waals surface area contributed by atoms with Gasteiger partial charge in [-0.05, 0) is 55.7 Å². The van der Waals surface area contributed by atoms with E-state index in [9.17, 15) is 58.2 Å². The molecule has 24 nitrogen and oxygen atoms in total. The topological polar surface area (TPSA) is 340 Å². The van der Waals surface area contributed by atoms with Gasteiger partial charge in [0.15, 0.2) is 0 Å². The number of hydrogen-bond donors (Lipinski definition) is 9. The van der Waals surface area contributed by atoms with Crippen molar-refractivity contribution in [1.82, 2.24) is 36.0 Å². The number of hydrogen-bond acceptors (Lipinski definition) is 15. The van der Waals surface area contributed by atoms with Crippen LogP contribution in [0.25, 0.3) is 0 Å². The summed E-state index contributed by atoms with van der Waals surface area (Å²) in [6.45, 7) is 1.63. The number of carbonyl (C=O) groups is 10. The van der Waals surface area contributed by atoms with Gasteiger partial charge in [0.2, 0.25) is 29.5 Å². The van der Waals surface area contributed by atoms with E-state index in [0.29, 0.717) is 43.4 Å². The third-order valence-corrected chi connectivity index (χ3v) is 10.1. The fourth-order valence-electron chi connectivity index (χ4n) is 6.56. The molecule has 9 N–H and O–H groups in total. The Hall–Kier alpha value is -6.34. The average molecular weight is 963 g/mol. The standard InChI is InChI=1S/C44H66N8O16/c1-30(2)42(49-34(54)9-4-3-7-18-52-37(57)14-15-38(52)58)44(66)48-33(43(65)47-32-12-10-31(28-53)11-13-32)8-5-6-16-45-36(56)29-68-23-22-67-21-17-46-35(55)24-50(25-39(59)60)19-20-51(26-40(61)62)27-41(63)64/h10-15,30,33,42,53H,3-9,16-29H2,1-2H3,(H,45,56)(H,46,55)(H,47,65)(H,48,66)(H,49,54)(H,59,60)(H,61,62)(H,63,64)/t33-,42-/m0/s1. The first-order valence-electron chi connectivity index (χ1n) is 22.3. The normalized spacial score (nSPS) is 13.1. The van der Waals surface area contributed by atoms with E-state index in [2.05, 4.69) is 26.6 Å². The van der Waals surface area contributed by atoms with Gasteiger partial charge in [0, 0.05) is 57.0 Å². The zero-order chi connectivity index (χ0) is 50.4. The summed E-state index contributed by atoms with van der Waals surface area (Å²) >= 11 is 0. The molecule has 1 aromatic carbocycles. The number of aliphatic carboxylic acids is 3. The number of nitrogens with zero attached hydrogens (tertiary/aromatic N) is 3. The van der Waals surface area contributed by atoms with Crippen LogP contribution in [-0.2, 0) is 64.0 Å². The predicted octanol–water partition coefficient (Wildman–Crippen LogP) is -1.48. The SMILES string of the molecule is CC(C)[C@H](NC(=O)CCCCCN1C(=O)C=CC1=O)C(=O)N[C@@H](CCCCNC(=O)COCCOCCNC(=O)CN(CCN(CC(=O)O)CC(=O)O)CC(=O)O)C(=O)Nc1ccc(CO)cc1. The van der Waals surface area contributed by atoms with Crippen molar-refractivity contribution in [2.45, 2.75) is 77.5 Å². The van der Waals surface area contributed by atoms with Crippen LogP contribution in [0.3, 0.4) is 0 Å². The van der Waals surface area contributed by atoms with Gasteiger partial charge in [-0.1, -0.05) is 32.4 Å². The van der Waals surface area contributed by atoms with Gasteiger partial charge in [0.25, 0.3) is 11.8 Å². The number of aliphatic hydroxyl groups excluding tert-OH is 1. The summed E-state index contributed by atoms with van der Waals surface area (Å²) in [6.07, 6.45) is 5.14. The Morgan fingerprint density at radius 3 is 1.82 bits per heavy atom. The van der Waals surface area contributed by atoms with Crippen LogP contribution in [0, 0.1) is 5.92 Å². The molecule has 7 amide bonds. The number of unbranched alkanes of at least 4 members (excludes halogenated alkanes) is 3. The number of ether oxygens (including phenoxy) is 2. The first kappa shape index (κ1) is 57.8. The molecule has 1 heterocycles. The van der Waals surface area contributed by atoms with Crippen LogP contribution in [0.2, 0.25) is 0 Å². The molecule has 1 aromatic rings. The van der Waals surface area contributed by atoms with Gasteiger partial charge in [0.1, 0.15) is 18.7 Å². The molecule has 2 rings (SSSR count). The van der Waals surface area contributed by atoms with E-state index in [1.165, 1.54) is 17.1 Å². The van der Waals surface area contributed by atoms with Crippen LogP contribution in [0.4, 0.5) is 5.69 Å². The zero-order valence-electron chi connectivity index (χ0n) is 38.6. The maximum atomic E-state index is 13.6. The highest BCUT2D eigenvalue weighted by Crippen LogP contribution is 2.13. The van der Waals surface area contributed by atoms with Crippen molar-refractivity contribution < 1.29 is 77.8 Å². The minimum absolute atomic E-state index is 0.0529. The number of benzene rings is 1. The lowest BCUT2D eigenvalue weighted by atomic mass is 10.0. The molecule has 378 valence electrons. The number of carbonyl (C=O) groups excluding carboxylic acids is 7. The van der Waals surface area contributed by atoms with Gasteiger partial charge in [-0.3, -0.25) is 62.6 Å². The first-order valence-corrected chi connectivity index (χ1v) is 22.3. The van der Waals surface area contributed by atoms with E-state index >= 15 is 0 Å². The van der Waals surface area contributed by atoms with Gasteiger partial charge in [-0.25, -0.2) is 0 Å². The molecule has 68 heavy (non-hydrogen) atoms. The van der Waals surface area contributed by atoms with Crippen molar-refractivity contribution >= 4 is 64.9 Å². The molecule has 0 aromatic heterocycles. The monoisotopic (exact) mass is 962 g/mol. The molecular weight excluding hydrogens is 897 g/mol. The molecule has 0 radical (unpaired) electrons. The number of rotatable bonds is 37. The molecule has 0 unspecified atom stereocenters. The largest absolute Gasteiger partial charge is 0.480 e. The van der Waals surface area contributed by atoms with Crippen molar-refractivity contribution in [1.29, 1.82) is 0 Å². The predicted molar refractivity (Wildman–Crippen MR) is 241 cm³/mol. The summed E-state index contributed by atoms with van der Waals surface area (Å²) in [6, 6.07) is 4.55. The molecule has 0 saturated heterocycles. The maximum absolute atomic E-state index is 13.6. The molecule has 0 spiro atoms. The highest BCUT2D eigenvalue weighted by Gasteiger charge is 2.29. The smallest absolute Gasteiger partial charge is 0.317 e. The second-order valence-electron chi connectivity index (χ2n) is 16.1. The van der Waals surface area contributed by atoms with Gasteiger partial charge in [-0.15, -0.1) is 0 Å². The highest BCUT2D eigenvalue weighted by molar-refractivity contribution is 6.12. The summed E-state index contributed by atoms with van der Waals surface area (Å²) in [4.78, 5) is 125. The lowest BCUT2D eigenvalue weighted by molar-refractivity contribution is -0.143. The fraction of sp³-hybridized carbons (Fsp3) is 0.591. The van der Waals surface area contributed by atoms with Gasteiger partial charge in [0.05, 0.1) is 52.6 Å². The van der Waals surface area contributed by atoms with E-state index in [-0.39, 0.29) is 109 Å². The Bertz CT molecular complexity index is 1840. The third kappa shape index (κ3) is 25.0. The maximum Gasteiger partial charge on any atom is 0.317 e. The zero-order valence-corrected chi connectivity index (χ0v) is 38.6. The number of carboxylic acids is 3. The van der Waals surface area contributed by atoms with E-state index in [0.717, 1.165) is 9.80 Å². The molecule has 1 aliphatic rings. The highest BCUT2D eigenvalue weighted by atomic mass is 16.5. The molecule has 0 bridgehead atoms.